The van der Waals surface area contributed by atoms with Gasteiger partial charge in [-0.2, -0.15) is 0 Å². The number of nitrogens with zero attached hydrogens (tertiary/aromatic N) is 1. The van der Waals surface area contributed by atoms with Crippen molar-refractivity contribution in [2.45, 2.75) is 58.2 Å². The van der Waals surface area contributed by atoms with Crippen LogP contribution in [0.5, 0.6) is 0 Å². The minimum atomic E-state index is -0.684. The monoisotopic (exact) mass is 560 g/mol. The van der Waals surface area contributed by atoms with Crippen LogP contribution in [0.2, 0.25) is 10.0 Å². The van der Waals surface area contributed by atoms with Gasteiger partial charge >= 0.3 is 0 Å². The first-order valence-corrected chi connectivity index (χ1v) is 14.2. The van der Waals surface area contributed by atoms with Crippen LogP contribution in [0.1, 0.15) is 43.4 Å². The molecule has 0 heterocycles. The van der Waals surface area contributed by atoms with Gasteiger partial charge in [0.15, 0.2) is 0 Å². The van der Waals surface area contributed by atoms with Crippen molar-refractivity contribution < 1.29 is 9.59 Å². The Bertz CT molecular complexity index is 1420. The molecular formula is C33H34Cl2N2O2. The average Bonchev–Trinajstić information content (AvgIpc) is 2.95. The Balaban J connectivity index is 1.66. The molecule has 4 aromatic rings. The number of halogens is 2. The van der Waals surface area contributed by atoms with Crippen molar-refractivity contribution in [3.63, 3.8) is 0 Å². The highest BCUT2D eigenvalue weighted by atomic mass is 35.5. The molecule has 0 radical (unpaired) electrons. The molecule has 0 saturated heterocycles. The van der Waals surface area contributed by atoms with Crippen molar-refractivity contribution >= 4 is 45.8 Å². The minimum absolute atomic E-state index is 0.00613. The second kappa shape index (κ2) is 13.6. The lowest BCUT2D eigenvalue weighted by molar-refractivity contribution is -0.141. The summed E-state index contributed by atoms with van der Waals surface area (Å²) in [6, 6.07) is 28.8. The summed E-state index contributed by atoms with van der Waals surface area (Å²) in [7, 11) is 0. The zero-order valence-corrected chi connectivity index (χ0v) is 23.9. The van der Waals surface area contributed by atoms with Gasteiger partial charge in [-0.1, -0.05) is 109 Å². The molecule has 0 unspecified atom stereocenters. The molecule has 2 amide bonds. The van der Waals surface area contributed by atoms with Crippen LogP contribution < -0.4 is 5.32 Å². The van der Waals surface area contributed by atoms with Crippen LogP contribution >= 0.6 is 23.2 Å². The standard InChI is InChI=1S/C33H34Cl2N2O2/c1-3-23(2)36-33(39)31(21-24-10-5-4-6-11-24)37(22-25-16-18-29(34)30(35)20-25)32(38)19-17-27-14-9-13-26-12-7-8-15-28(26)27/h4-16,18,20,23,31H,3,17,19,21-22H2,1-2H3,(H,36,39)/t23-,31-/m0/s1. The van der Waals surface area contributed by atoms with Gasteiger partial charge in [-0.3, -0.25) is 9.59 Å². The summed E-state index contributed by atoms with van der Waals surface area (Å²) in [5.41, 5.74) is 2.92. The lowest BCUT2D eigenvalue weighted by atomic mass is 9.99. The van der Waals surface area contributed by atoms with E-state index < -0.39 is 6.04 Å². The average molecular weight is 562 g/mol. The number of benzene rings is 4. The van der Waals surface area contributed by atoms with Crippen molar-refractivity contribution in [1.82, 2.24) is 10.2 Å². The third kappa shape index (κ3) is 7.62. The van der Waals surface area contributed by atoms with Crippen LogP contribution in [0.4, 0.5) is 0 Å². The molecule has 4 nitrogen and oxygen atoms in total. The predicted octanol–water partition coefficient (Wildman–Crippen LogP) is 7.63. The highest BCUT2D eigenvalue weighted by molar-refractivity contribution is 6.42. The van der Waals surface area contributed by atoms with Gasteiger partial charge in [0.05, 0.1) is 10.0 Å². The van der Waals surface area contributed by atoms with Crippen molar-refractivity contribution in [3.8, 4) is 0 Å². The van der Waals surface area contributed by atoms with Crippen molar-refractivity contribution in [2.24, 2.45) is 0 Å². The molecule has 0 saturated carbocycles. The third-order valence-electron chi connectivity index (χ3n) is 7.10. The molecule has 0 fully saturated rings. The quantitative estimate of drug-likeness (QED) is 0.205. The lowest BCUT2D eigenvalue weighted by Gasteiger charge is -2.32. The van der Waals surface area contributed by atoms with E-state index in [-0.39, 0.29) is 30.8 Å². The van der Waals surface area contributed by atoms with Crippen LogP contribution in [0, 0.1) is 0 Å². The van der Waals surface area contributed by atoms with E-state index in [1.807, 2.05) is 68.4 Å². The Hall–Kier alpha value is -3.34. The van der Waals surface area contributed by atoms with Gasteiger partial charge in [-0.25, -0.2) is 0 Å². The van der Waals surface area contributed by atoms with Gasteiger partial charge in [-0.05, 0) is 59.4 Å². The maximum Gasteiger partial charge on any atom is 0.243 e. The summed E-state index contributed by atoms with van der Waals surface area (Å²) in [5.74, 6) is -0.249. The molecule has 0 aliphatic carbocycles. The van der Waals surface area contributed by atoms with E-state index in [0.29, 0.717) is 22.9 Å². The number of fused-ring (bicyclic) bond motifs is 1. The Morgan fingerprint density at radius 2 is 1.56 bits per heavy atom. The number of hydrogen-bond acceptors (Lipinski definition) is 2. The molecule has 6 heteroatoms. The van der Waals surface area contributed by atoms with Crippen LogP contribution in [0.3, 0.4) is 0 Å². The fourth-order valence-electron chi connectivity index (χ4n) is 4.73. The van der Waals surface area contributed by atoms with E-state index in [0.717, 1.165) is 33.9 Å². The Morgan fingerprint density at radius 1 is 0.846 bits per heavy atom. The third-order valence-corrected chi connectivity index (χ3v) is 7.84. The number of carbonyl (C=O) groups is 2. The van der Waals surface area contributed by atoms with E-state index >= 15 is 0 Å². The molecule has 1 N–H and O–H groups in total. The Morgan fingerprint density at radius 3 is 2.31 bits per heavy atom. The van der Waals surface area contributed by atoms with Crippen LogP contribution in [-0.2, 0) is 29.0 Å². The molecule has 0 aliphatic heterocycles. The molecule has 0 aromatic heterocycles. The molecule has 2 atom stereocenters. The van der Waals surface area contributed by atoms with Crippen LogP contribution in [0.25, 0.3) is 10.8 Å². The van der Waals surface area contributed by atoms with Crippen molar-refractivity contribution in [1.29, 1.82) is 0 Å². The summed E-state index contributed by atoms with van der Waals surface area (Å²) in [5, 5.41) is 6.26. The Kier molecular flexibility index (Phi) is 10.0. The van der Waals surface area contributed by atoms with Gasteiger partial charge in [0, 0.05) is 25.4 Å². The first-order valence-electron chi connectivity index (χ1n) is 13.4. The van der Waals surface area contributed by atoms with Crippen molar-refractivity contribution in [3.05, 3.63) is 118 Å². The summed E-state index contributed by atoms with van der Waals surface area (Å²) in [4.78, 5) is 29.4. The highest BCUT2D eigenvalue weighted by Crippen LogP contribution is 2.25. The predicted molar refractivity (Wildman–Crippen MR) is 161 cm³/mol. The second-order valence-corrected chi connectivity index (χ2v) is 10.7. The largest absolute Gasteiger partial charge is 0.352 e. The van der Waals surface area contributed by atoms with Crippen LogP contribution in [-0.4, -0.2) is 28.8 Å². The van der Waals surface area contributed by atoms with Gasteiger partial charge in [0.25, 0.3) is 0 Å². The number of rotatable bonds is 11. The lowest BCUT2D eigenvalue weighted by Crippen LogP contribution is -2.52. The zero-order valence-electron chi connectivity index (χ0n) is 22.4. The van der Waals surface area contributed by atoms with E-state index in [2.05, 4.69) is 29.6 Å². The molecule has 0 aliphatic rings. The molecule has 0 bridgehead atoms. The topological polar surface area (TPSA) is 49.4 Å². The normalized spacial score (nSPS) is 12.6. The molecule has 4 aromatic carbocycles. The smallest absolute Gasteiger partial charge is 0.243 e. The molecule has 39 heavy (non-hydrogen) atoms. The summed E-state index contributed by atoms with van der Waals surface area (Å²) in [6.45, 7) is 4.25. The number of nitrogens with one attached hydrogen (secondary N) is 1. The molecule has 0 spiro atoms. The van der Waals surface area contributed by atoms with E-state index in [4.69, 9.17) is 23.2 Å². The van der Waals surface area contributed by atoms with Gasteiger partial charge < -0.3 is 10.2 Å². The first-order chi connectivity index (χ1) is 18.9. The minimum Gasteiger partial charge on any atom is -0.352 e. The number of carbonyl (C=O) groups excluding carboxylic acids is 2. The Labute approximate surface area is 240 Å². The fourth-order valence-corrected chi connectivity index (χ4v) is 5.05. The number of amides is 2. The van der Waals surface area contributed by atoms with Crippen LogP contribution in [0.15, 0.2) is 91.0 Å². The maximum atomic E-state index is 14.0. The molecule has 202 valence electrons. The van der Waals surface area contributed by atoms with E-state index in [9.17, 15) is 9.59 Å². The fraction of sp³-hybridized carbons (Fsp3) is 0.273. The van der Waals surface area contributed by atoms with Gasteiger partial charge in [0.2, 0.25) is 11.8 Å². The van der Waals surface area contributed by atoms with Gasteiger partial charge in [0.1, 0.15) is 6.04 Å². The molecular weight excluding hydrogens is 527 g/mol. The van der Waals surface area contributed by atoms with E-state index in [1.165, 1.54) is 0 Å². The summed E-state index contributed by atoms with van der Waals surface area (Å²) >= 11 is 12.5. The SMILES string of the molecule is CC[C@H](C)NC(=O)[C@H](Cc1ccccc1)N(Cc1ccc(Cl)c(Cl)c1)C(=O)CCc1cccc2ccccc12. The van der Waals surface area contributed by atoms with Gasteiger partial charge in [-0.15, -0.1) is 0 Å². The summed E-state index contributed by atoms with van der Waals surface area (Å²) < 4.78 is 0. The zero-order chi connectivity index (χ0) is 27.8. The number of hydrogen-bond donors (Lipinski definition) is 1. The van der Waals surface area contributed by atoms with E-state index in [1.54, 1.807) is 17.0 Å². The second-order valence-electron chi connectivity index (χ2n) is 9.93. The molecule has 4 rings (SSSR count). The highest BCUT2D eigenvalue weighted by Gasteiger charge is 2.31. The first kappa shape index (κ1) is 28.7. The maximum absolute atomic E-state index is 14.0. The summed E-state index contributed by atoms with van der Waals surface area (Å²) in [6.07, 6.45) is 2.05. The number of aryl methyl sites for hydroxylation is 1. The van der Waals surface area contributed by atoms with Crippen molar-refractivity contribution in [2.75, 3.05) is 0 Å².